The van der Waals surface area contributed by atoms with E-state index in [4.69, 9.17) is 14.5 Å². The zero-order valence-electron chi connectivity index (χ0n) is 23.1. The van der Waals surface area contributed by atoms with Crippen LogP contribution in [0.2, 0.25) is 0 Å². The summed E-state index contributed by atoms with van der Waals surface area (Å²) in [5.74, 6) is 2.75. The molecule has 0 aliphatic rings. The Balaban J connectivity index is 1.73. The molecule has 11 heteroatoms. The number of hydrogen-bond donors (Lipinski definition) is 2. The number of imidazole rings is 1. The summed E-state index contributed by atoms with van der Waals surface area (Å²) in [6.45, 7) is 7.08. The van der Waals surface area contributed by atoms with E-state index >= 15 is 0 Å². The molecule has 0 aliphatic heterocycles. The van der Waals surface area contributed by atoms with Gasteiger partial charge >= 0.3 is 0 Å². The van der Waals surface area contributed by atoms with Crippen molar-refractivity contribution >= 4 is 40.0 Å². The van der Waals surface area contributed by atoms with E-state index in [1.54, 1.807) is 26.5 Å². The summed E-state index contributed by atoms with van der Waals surface area (Å²) in [6.07, 6.45) is 2.91. The van der Waals surface area contributed by atoms with Crippen LogP contribution in [0.15, 0.2) is 55.3 Å². The third-order valence-corrected chi connectivity index (χ3v) is 6.20. The lowest BCUT2D eigenvalue weighted by Gasteiger charge is -2.26. The summed E-state index contributed by atoms with van der Waals surface area (Å²) in [5, 5.41) is 6.16. The van der Waals surface area contributed by atoms with Gasteiger partial charge in [0, 0.05) is 38.5 Å². The molecule has 2 heterocycles. The molecule has 0 saturated heterocycles. The van der Waals surface area contributed by atoms with Crippen molar-refractivity contribution < 1.29 is 14.3 Å². The van der Waals surface area contributed by atoms with E-state index in [1.807, 2.05) is 63.0 Å². The number of likely N-dealkylation sites (N-methyl/N-ethyl adjacent to an activating group) is 2. The molecule has 0 unspecified atom stereocenters. The fourth-order valence-corrected chi connectivity index (χ4v) is 4.15. The Kier molecular flexibility index (Phi) is 8.30. The molecule has 0 aliphatic carbocycles. The van der Waals surface area contributed by atoms with Crippen molar-refractivity contribution in [3.05, 3.63) is 61.1 Å². The number of carbonyl (C=O) groups is 1. The van der Waals surface area contributed by atoms with Crippen LogP contribution in [0.25, 0.3) is 16.9 Å². The number of aryl methyl sites for hydroxylation is 1. The normalized spacial score (nSPS) is 10.9. The van der Waals surface area contributed by atoms with Gasteiger partial charge in [-0.3, -0.25) is 9.36 Å². The van der Waals surface area contributed by atoms with Crippen LogP contribution in [0.3, 0.4) is 0 Å². The first-order chi connectivity index (χ1) is 18.7. The molecule has 0 atom stereocenters. The molecule has 11 nitrogen and oxygen atoms in total. The predicted octanol–water partition coefficient (Wildman–Crippen LogP) is 4.01. The Bertz CT molecular complexity index is 1500. The van der Waals surface area contributed by atoms with Gasteiger partial charge in [-0.05, 0) is 51.4 Å². The third kappa shape index (κ3) is 6.10. The number of amides is 1. The van der Waals surface area contributed by atoms with Gasteiger partial charge in [-0.25, -0.2) is 9.97 Å². The molecule has 0 saturated carbocycles. The molecule has 204 valence electrons. The second kappa shape index (κ2) is 11.8. The fourth-order valence-electron chi connectivity index (χ4n) is 4.15. The van der Waals surface area contributed by atoms with Crippen LogP contribution >= 0.6 is 0 Å². The number of anilines is 4. The average Bonchev–Trinajstić information content (AvgIpc) is 3.26. The summed E-state index contributed by atoms with van der Waals surface area (Å²) >= 11 is 0. The number of nitrogens with one attached hydrogen (secondary N) is 2. The van der Waals surface area contributed by atoms with Crippen molar-refractivity contribution in [2.45, 2.75) is 6.92 Å². The van der Waals surface area contributed by atoms with Crippen LogP contribution in [-0.4, -0.2) is 78.8 Å². The zero-order chi connectivity index (χ0) is 28.1. The van der Waals surface area contributed by atoms with Crippen LogP contribution in [-0.2, 0) is 4.79 Å². The lowest BCUT2D eigenvalue weighted by atomic mass is 10.2. The molecule has 2 aromatic carbocycles. The van der Waals surface area contributed by atoms with Gasteiger partial charge in [0.1, 0.15) is 23.1 Å². The van der Waals surface area contributed by atoms with Gasteiger partial charge < -0.3 is 29.9 Å². The van der Waals surface area contributed by atoms with Crippen LogP contribution in [0.4, 0.5) is 23.0 Å². The minimum Gasteiger partial charge on any atom is -0.497 e. The van der Waals surface area contributed by atoms with Crippen molar-refractivity contribution in [2.24, 2.45) is 0 Å². The average molecular weight is 531 g/mol. The number of benzene rings is 2. The molecule has 2 aromatic heterocycles. The van der Waals surface area contributed by atoms with Gasteiger partial charge in [0.2, 0.25) is 11.9 Å². The third-order valence-electron chi connectivity index (χ3n) is 6.20. The highest BCUT2D eigenvalue weighted by Gasteiger charge is 2.17. The molecule has 2 N–H and O–H groups in total. The van der Waals surface area contributed by atoms with Crippen LogP contribution < -0.4 is 25.0 Å². The van der Waals surface area contributed by atoms with Gasteiger partial charge in [0.25, 0.3) is 0 Å². The molecule has 0 bridgehead atoms. The molecule has 4 rings (SSSR count). The minimum absolute atomic E-state index is 0.315. The first-order valence-electron chi connectivity index (χ1n) is 12.4. The van der Waals surface area contributed by atoms with E-state index in [2.05, 4.69) is 37.0 Å². The molecule has 1 amide bonds. The first kappa shape index (κ1) is 27.4. The highest BCUT2D eigenvalue weighted by molar-refractivity contribution is 6.02. The smallest absolute Gasteiger partial charge is 0.247 e. The molecule has 39 heavy (non-hydrogen) atoms. The minimum atomic E-state index is -0.315. The summed E-state index contributed by atoms with van der Waals surface area (Å²) in [7, 11) is 9.22. The highest BCUT2D eigenvalue weighted by Crippen LogP contribution is 2.38. The van der Waals surface area contributed by atoms with Crippen LogP contribution in [0.1, 0.15) is 5.82 Å². The van der Waals surface area contributed by atoms with E-state index in [0.717, 1.165) is 41.4 Å². The number of aromatic nitrogens is 4. The SMILES string of the molecule is C=CC(=O)Nc1cc(Nc2nccc(-n3c(C)nc4ccc(OC)cc43)n2)c(OC)cc1N(C)CCN(C)C. The molecule has 4 aromatic rings. The fraction of sp³-hybridized carbons (Fsp3) is 0.286. The van der Waals surface area contributed by atoms with Gasteiger partial charge in [-0.2, -0.15) is 4.98 Å². The molecular formula is C28H34N8O3. The lowest BCUT2D eigenvalue weighted by molar-refractivity contribution is -0.111. The number of rotatable bonds is 11. The summed E-state index contributed by atoms with van der Waals surface area (Å²) in [5.41, 5.74) is 3.70. The number of carbonyl (C=O) groups excluding carboxylic acids is 1. The van der Waals surface area contributed by atoms with E-state index < -0.39 is 0 Å². The van der Waals surface area contributed by atoms with E-state index in [-0.39, 0.29) is 5.91 Å². The molecule has 0 spiro atoms. The lowest BCUT2D eigenvalue weighted by Crippen LogP contribution is -2.29. The monoisotopic (exact) mass is 530 g/mol. The maximum Gasteiger partial charge on any atom is 0.247 e. The van der Waals surface area contributed by atoms with E-state index in [0.29, 0.717) is 28.9 Å². The number of fused-ring (bicyclic) bond motifs is 1. The topological polar surface area (TPSA) is 110 Å². The standard InChI is InChI=1S/C28H34N8O3/c1-8-27(37)31-21-16-22(25(39-7)17-23(21)35(5)14-13-34(3)4)32-28-29-12-11-26(33-28)36-18(2)30-20-10-9-19(38-6)15-24(20)36/h8-12,15-17H,1,13-14H2,2-7H3,(H,31,37)(H,29,32,33). The summed E-state index contributed by atoms with van der Waals surface area (Å²) < 4.78 is 13.1. The van der Waals surface area contributed by atoms with Crippen molar-refractivity contribution in [2.75, 3.05) is 64.0 Å². The Labute approximate surface area is 228 Å². The number of hydrogen-bond acceptors (Lipinski definition) is 9. The second-order valence-electron chi connectivity index (χ2n) is 9.20. The van der Waals surface area contributed by atoms with Gasteiger partial charge in [0.15, 0.2) is 0 Å². The predicted molar refractivity (Wildman–Crippen MR) is 155 cm³/mol. The Morgan fingerprint density at radius 2 is 1.85 bits per heavy atom. The summed E-state index contributed by atoms with van der Waals surface area (Å²) in [6, 6.07) is 11.2. The maximum atomic E-state index is 12.3. The van der Waals surface area contributed by atoms with Crippen molar-refractivity contribution in [3.63, 3.8) is 0 Å². The summed E-state index contributed by atoms with van der Waals surface area (Å²) in [4.78, 5) is 30.2. The quantitative estimate of drug-likeness (QED) is 0.278. The Morgan fingerprint density at radius 1 is 1.05 bits per heavy atom. The first-order valence-corrected chi connectivity index (χ1v) is 12.4. The largest absolute Gasteiger partial charge is 0.497 e. The van der Waals surface area contributed by atoms with Crippen molar-refractivity contribution in [3.8, 4) is 17.3 Å². The van der Waals surface area contributed by atoms with Crippen molar-refractivity contribution in [1.82, 2.24) is 24.4 Å². The molecular weight excluding hydrogens is 496 g/mol. The van der Waals surface area contributed by atoms with Gasteiger partial charge in [-0.1, -0.05) is 6.58 Å². The number of methoxy groups -OCH3 is 2. The van der Waals surface area contributed by atoms with Gasteiger partial charge in [0.05, 0.1) is 42.3 Å². The number of nitrogens with zero attached hydrogens (tertiary/aromatic N) is 6. The highest BCUT2D eigenvalue weighted by atomic mass is 16.5. The van der Waals surface area contributed by atoms with E-state index in [9.17, 15) is 4.79 Å². The van der Waals surface area contributed by atoms with E-state index in [1.165, 1.54) is 6.08 Å². The maximum absolute atomic E-state index is 12.3. The molecule has 0 radical (unpaired) electrons. The Morgan fingerprint density at radius 3 is 2.54 bits per heavy atom. The van der Waals surface area contributed by atoms with Crippen LogP contribution in [0, 0.1) is 6.92 Å². The zero-order valence-corrected chi connectivity index (χ0v) is 23.1. The molecule has 0 fully saturated rings. The van der Waals surface area contributed by atoms with Gasteiger partial charge in [-0.15, -0.1) is 0 Å². The second-order valence-corrected chi connectivity index (χ2v) is 9.20. The number of ether oxygens (including phenoxy) is 2. The Hall–Kier alpha value is -4.64. The van der Waals surface area contributed by atoms with Crippen molar-refractivity contribution in [1.29, 1.82) is 0 Å². The van der Waals surface area contributed by atoms with Crippen LogP contribution in [0.5, 0.6) is 11.5 Å².